The summed E-state index contributed by atoms with van der Waals surface area (Å²) in [6.07, 6.45) is 0.263. The predicted octanol–water partition coefficient (Wildman–Crippen LogP) is 2.75. The lowest BCUT2D eigenvalue weighted by Gasteiger charge is -2.33. The standard InChI is InChI=1S/C11H14Br2N2O/c1-8-10(13)2-3-11(14-8)15-4-5-16-9(6-12)7-15/h2-3,9H,4-7H2,1H3. The second-order valence-corrected chi connectivity index (χ2v) is 5.33. The molecule has 2 rings (SSSR count). The first-order valence-corrected chi connectivity index (χ1v) is 7.18. The number of ether oxygens (including phenoxy) is 1. The number of aryl methyl sites for hydroxylation is 1. The number of hydrogen-bond acceptors (Lipinski definition) is 3. The lowest BCUT2D eigenvalue weighted by atomic mass is 10.3. The highest BCUT2D eigenvalue weighted by Gasteiger charge is 2.20. The lowest BCUT2D eigenvalue weighted by Crippen LogP contribution is -2.43. The van der Waals surface area contributed by atoms with Crippen LogP contribution in [0.2, 0.25) is 0 Å². The molecule has 1 aromatic heterocycles. The Bertz CT molecular complexity index is 373. The third-order valence-corrected chi connectivity index (χ3v) is 4.20. The van der Waals surface area contributed by atoms with Crippen molar-refractivity contribution in [2.75, 3.05) is 29.9 Å². The van der Waals surface area contributed by atoms with E-state index in [0.717, 1.165) is 41.0 Å². The van der Waals surface area contributed by atoms with Gasteiger partial charge in [0.2, 0.25) is 0 Å². The number of aromatic nitrogens is 1. The molecule has 2 heterocycles. The molecular formula is C11H14Br2N2O. The van der Waals surface area contributed by atoms with Gasteiger partial charge in [0.25, 0.3) is 0 Å². The summed E-state index contributed by atoms with van der Waals surface area (Å²) in [5.74, 6) is 1.04. The fourth-order valence-electron chi connectivity index (χ4n) is 1.73. The maximum Gasteiger partial charge on any atom is 0.129 e. The van der Waals surface area contributed by atoms with Gasteiger partial charge in [0.1, 0.15) is 5.82 Å². The number of morpholine rings is 1. The van der Waals surface area contributed by atoms with Crippen molar-refractivity contribution in [1.82, 2.24) is 4.98 Å². The Balaban J connectivity index is 2.13. The van der Waals surface area contributed by atoms with Crippen LogP contribution in [0.25, 0.3) is 0 Å². The second-order valence-electron chi connectivity index (χ2n) is 3.83. The van der Waals surface area contributed by atoms with Gasteiger partial charge in [-0.1, -0.05) is 15.9 Å². The third-order valence-electron chi connectivity index (χ3n) is 2.64. The smallest absolute Gasteiger partial charge is 0.129 e. The first-order valence-electron chi connectivity index (χ1n) is 5.26. The summed E-state index contributed by atoms with van der Waals surface area (Å²) >= 11 is 6.92. The predicted molar refractivity (Wildman–Crippen MR) is 72.4 cm³/mol. The highest BCUT2D eigenvalue weighted by Crippen LogP contribution is 2.21. The molecule has 5 heteroatoms. The topological polar surface area (TPSA) is 25.4 Å². The molecule has 3 nitrogen and oxygen atoms in total. The molecule has 1 aromatic rings. The van der Waals surface area contributed by atoms with Crippen LogP contribution in [-0.4, -0.2) is 36.1 Å². The van der Waals surface area contributed by atoms with Crippen molar-refractivity contribution < 1.29 is 4.74 Å². The molecule has 0 aromatic carbocycles. The van der Waals surface area contributed by atoms with E-state index in [0.29, 0.717) is 0 Å². The monoisotopic (exact) mass is 348 g/mol. The number of anilines is 1. The van der Waals surface area contributed by atoms with Gasteiger partial charge in [0.15, 0.2) is 0 Å². The van der Waals surface area contributed by atoms with Crippen LogP contribution < -0.4 is 4.90 Å². The SMILES string of the molecule is Cc1nc(N2CCOC(CBr)C2)ccc1Br. The Kier molecular flexibility index (Phi) is 4.21. The van der Waals surface area contributed by atoms with Gasteiger partial charge in [-0.25, -0.2) is 4.98 Å². The molecule has 1 unspecified atom stereocenters. The van der Waals surface area contributed by atoms with Crippen LogP contribution in [0.1, 0.15) is 5.69 Å². The molecule has 0 saturated carbocycles. The Hall–Kier alpha value is -0.130. The van der Waals surface area contributed by atoms with E-state index in [4.69, 9.17) is 4.74 Å². The number of hydrogen-bond donors (Lipinski definition) is 0. The van der Waals surface area contributed by atoms with Gasteiger partial charge in [0.05, 0.1) is 18.4 Å². The Labute approximate surface area is 112 Å². The molecule has 88 valence electrons. The Morgan fingerprint density at radius 1 is 1.56 bits per heavy atom. The summed E-state index contributed by atoms with van der Waals surface area (Å²) in [6, 6.07) is 4.10. The molecule has 0 aliphatic carbocycles. The minimum atomic E-state index is 0.263. The molecule has 16 heavy (non-hydrogen) atoms. The molecule has 1 aliphatic heterocycles. The van der Waals surface area contributed by atoms with E-state index in [-0.39, 0.29) is 6.10 Å². The van der Waals surface area contributed by atoms with Crippen LogP contribution in [-0.2, 0) is 4.74 Å². The van der Waals surface area contributed by atoms with Crippen LogP contribution in [0.4, 0.5) is 5.82 Å². The van der Waals surface area contributed by atoms with E-state index in [2.05, 4.69) is 47.8 Å². The average molecular weight is 350 g/mol. The fourth-order valence-corrected chi connectivity index (χ4v) is 2.34. The summed E-state index contributed by atoms with van der Waals surface area (Å²) in [7, 11) is 0. The molecule has 0 amide bonds. The van der Waals surface area contributed by atoms with Gasteiger partial charge < -0.3 is 9.64 Å². The zero-order valence-electron chi connectivity index (χ0n) is 9.12. The maximum absolute atomic E-state index is 5.61. The van der Waals surface area contributed by atoms with Crippen molar-refractivity contribution >= 4 is 37.7 Å². The van der Waals surface area contributed by atoms with Crippen LogP contribution in [0, 0.1) is 6.92 Å². The molecular weight excluding hydrogens is 336 g/mol. The minimum Gasteiger partial charge on any atom is -0.374 e. The summed E-state index contributed by atoms with van der Waals surface area (Å²) in [5, 5.41) is 0.874. The van der Waals surface area contributed by atoms with E-state index in [9.17, 15) is 0 Å². The van der Waals surface area contributed by atoms with Crippen LogP contribution >= 0.6 is 31.9 Å². The minimum absolute atomic E-state index is 0.263. The van der Waals surface area contributed by atoms with E-state index < -0.39 is 0 Å². The summed E-state index contributed by atoms with van der Waals surface area (Å²) in [5.41, 5.74) is 1.03. The zero-order valence-corrected chi connectivity index (χ0v) is 12.3. The Morgan fingerprint density at radius 3 is 3.06 bits per heavy atom. The summed E-state index contributed by atoms with van der Waals surface area (Å²) in [4.78, 5) is 6.85. The Morgan fingerprint density at radius 2 is 2.38 bits per heavy atom. The molecule has 0 spiro atoms. The lowest BCUT2D eigenvalue weighted by molar-refractivity contribution is 0.0568. The third kappa shape index (κ3) is 2.76. The number of rotatable bonds is 2. The first-order chi connectivity index (χ1) is 7.70. The van der Waals surface area contributed by atoms with Gasteiger partial charge in [-0.3, -0.25) is 0 Å². The molecule has 0 N–H and O–H groups in total. The van der Waals surface area contributed by atoms with Gasteiger partial charge in [-0.05, 0) is 35.0 Å². The maximum atomic E-state index is 5.61. The van der Waals surface area contributed by atoms with Crippen LogP contribution in [0.15, 0.2) is 16.6 Å². The number of halogens is 2. The van der Waals surface area contributed by atoms with Crippen molar-refractivity contribution in [1.29, 1.82) is 0 Å². The van der Waals surface area contributed by atoms with Gasteiger partial charge >= 0.3 is 0 Å². The van der Waals surface area contributed by atoms with Crippen molar-refractivity contribution in [2.24, 2.45) is 0 Å². The van der Waals surface area contributed by atoms with Gasteiger partial charge in [-0.15, -0.1) is 0 Å². The highest BCUT2D eigenvalue weighted by molar-refractivity contribution is 9.10. The van der Waals surface area contributed by atoms with Gasteiger partial charge in [-0.2, -0.15) is 0 Å². The first kappa shape index (κ1) is 12.3. The highest BCUT2D eigenvalue weighted by atomic mass is 79.9. The average Bonchev–Trinajstić information content (AvgIpc) is 2.33. The summed E-state index contributed by atoms with van der Waals surface area (Å²) < 4.78 is 6.66. The largest absolute Gasteiger partial charge is 0.374 e. The number of pyridine rings is 1. The molecule has 0 bridgehead atoms. The zero-order chi connectivity index (χ0) is 11.5. The van der Waals surface area contributed by atoms with Crippen molar-refractivity contribution in [2.45, 2.75) is 13.0 Å². The molecule has 1 aliphatic rings. The molecule has 1 fully saturated rings. The van der Waals surface area contributed by atoms with Crippen molar-refractivity contribution in [3.8, 4) is 0 Å². The van der Waals surface area contributed by atoms with Crippen molar-refractivity contribution in [3.63, 3.8) is 0 Å². The second kappa shape index (κ2) is 5.47. The van der Waals surface area contributed by atoms with E-state index in [1.807, 2.05) is 13.0 Å². The molecule has 1 atom stereocenters. The normalized spacial score (nSPS) is 21.2. The number of nitrogens with zero attached hydrogens (tertiary/aromatic N) is 2. The molecule has 0 radical (unpaired) electrons. The quantitative estimate of drug-likeness (QED) is 0.767. The van der Waals surface area contributed by atoms with Crippen molar-refractivity contribution in [3.05, 3.63) is 22.3 Å². The van der Waals surface area contributed by atoms with E-state index >= 15 is 0 Å². The molecule has 1 saturated heterocycles. The number of alkyl halides is 1. The van der Waals surface area contributed by atoms with E-state index in [1.165, 1.54) is 0 Å². The van der Waals surface area contributed by atoms with Crippen LogP contribution in [0.5, 0.6) is 0 Å². The van der Waals surface area contributed by atoms with Gasteiger partial charge in [0, 0.05) is 22.9 Å². The summed E-state index contributed by atoms with van der Waals surface area (Å²) in [6.45, 7) is 4.60. The fraction of sp³-hybridized carbons (Fsp3) is 0.545. The van der Waals surface area contributed by atoms with E-state index in [1.54, 1.807) is 0 Å². The van der Waals surface area contributed by atoms with Crippen LogP contribution in [0.3, 0.4) is 0 Å².